The largest absolute Gasteiger partial charge is 0.394 e. The number of unbranched alkanes of at least 4 members (excludes halogenated alkanes) is 23. The average molecular weight is 1060 g/mol. The second-order valence-electron chi connectivity index (χ2n) is 20.8. The van der Waals surface area contributed by atoms with Gasteiger partial charge in [-0.25, -0.2) is 0 Å². The Morgan fingerprint density at radius 3 is 1.21 bits per heavy atom. The molecule has 1 aliphatic heterocycles. The van der Waals surface area contributed by atoms with E-state index in [4.69, 9.17) is 9.47 Å². The molecule has 1 saturated heterocycles. The SMILES string of the molecule is CC/C=C\C/C=C\C/C=C\C/C=C\C/C=C\C/C=C\C/C=C\C/C=C\C/C=C\CCCCCCCC(=O)NC(COC1OC(CO)C(O)C(O)C1O)C(O)/C=C/CCCCCCCCCCCCCCCCCCCC. The zero-order valence-electron chi connectivity index (χ0n) is 48.2. The van der Waals surface area contributed by atoms with E-state index in [2.05, 4.69) is 129 Å². The van der Waals surface area contributed by atoms with Gasteiger partial charge in [0.1, 0.15) is 24.4 Å². The molecule has 7 atom stereocenters. The third-order valence-corrected chi connectivity index (χ3v) is 13.8. The molecular weight excluding hydrogens is 947 g/mol. The summed E-state index contributed by atoms with van der Waals surface area (Å²) in [4.78, 5) is 13.1. The third-order valence-electron chi connectivity index (χ3n) is 13.8. The fourth-order valence-electron chi connectivity index (χ4n) is 8.97. The summed E-state index contributed by atoms with van der Waals surface area (Å²) in [7, 11) is 0. The van der Waals surface area contributed by atoms with Crippen molar-refractivity contribution in [3.63, 3.8) is 0 Å². The van der Waals surface area contributed by atoms with Crippen LogP contribution in [0.15, 0.2) is 122 Å². The van der Waals surface area contributed by atoms with E-state index in [0.717, 1.165) is 116 Å². The number of nitrogens with one attached hydrogen (secondary N) is 1. The fourth-order valence-corrected chi connectivity index (χ4v) is 8.97. The topological polar surface area (TPSA) is 149 Å². The molecule has 0 saturated carbocycles. The number of ether oxygens (including phenoxy) is 2. The smallest absolute Gasteiger partial charge is 0.220 e. The Hall–Kier alpha value is -3.41. The van der Waals surface area contributed by atoms with E-state index in [1.165, 1.54) is 103 Å². The van der Waals surface area contributed by atoms with Crippen LogP contribution in [0, 0.1) is 0 Å². The van der Waals surface area contributed by atoms with Gasteiger partial charge in [0.05, 0.1) is 25.4 Å². The molecule has 0 aromatic heterocycles. The monoisotopic (exact) mass is 1060 g/mol. The van der Waals surface area contributed by atoms with Gasteiger partial charge >= 0.3 is 0 Å². The van der Waals surface area contributed by atoms with Crippen molar-refractivity contribution in [2.24, 2.45) is 0 Å². The highest BCUT2D eigenvalue weighted by atomic mass is 16.7. The molecule has 0 aromatic carbocycles. The van der Waals surface area contributed by atoms with Crippen LogP contribution in [0.4, 0.5) is 0 Å². The molecule has 76 heavy (non-hydrogen) atoms. The summed E-state index contributed by atoms with van der Waals surface area (Å²) in [6.07, 6.45) is 75.4. The van der Waals surface area contributed by atoms with Crippen molar-refractivity contribution in [2.45, 2.75) is 281 Å². The molecule has 434 valence electrons. The molecule has 1 fully saturated rings. The zero-order chi connectivity index (χ0) is 55.0. The Bertz CT molecular complexity index is 1610. The molecule has 0 aliphatic carbocycles. The number of rotatable bonds is 51. The summed E-state index contributed by atoms with van der Waals surface area (Å²) < 4.78 is 11.3. The van der Waals surface area contributed by atoms with Crippen LogP contribution in [0.5, 0.6) is 0 Å². The number of carbonyl (C=O) groups excluding carboxylic acids is 1. The Morgan fingerprint density at radius 2 is 0.816 bits per heavy atom. The number of allylic oxidation sites excluding steroid dienone is 19. The van der Waals surface area contributed by atoms with Crippen molar-refractivity contribution in [1.29, 1.82) is 0 Å². The molecule has 0 radical (unpaired) electrons. The standard InChI is InChI=1S/C67H113NO8/c1-3-5-7-9-11-13-15-17-19-21-23-25-26-27-28-29-30-31-32-33-34-35-36-37-39-41-43-45-47-49-51-53-55-57-63(71)68-60(59-75-67-66(74)65(73)64(72)62(58-69)76-67)61(70)56-54-52-50-48-46-44-42-40-38-24-22-20-18-16-14-12-10-8-6-4-2/h5,7,11,13,17,19,23,25,27-28,30-31,33-34,36-37,41,43,54,56,60-62,64-67,69-70,72-74H,3-4,6,8-10,12,14-16,18,20-22,24,26,29,32,35,38-40,42,44-53,55,57-59H2,1-2H3,(H,68,71)/b7-5-,13-11-,19-17-,25-23-,28-27-,31-30-,34-33-,37-36-,43-41-,56-54+. The van der Waals surface area contributed by atoms with Crippen LogP contribution in [0.25, 0.3) is 0 Å². The molecule has 7 unspecified atom stereocenters. The molecular formula is C67H113NO8. The summed E-state index contributed by atoms with van der Waals surface area (Å²) in [6.45, 7) is 3.66. The summed E-state index contributed by atoms with van der Waals surface area (Å²) in [6, 6.07) is -0.825. The number of carbonyl (C=O) groups is 1. The first-order valence-electron chi connectivity index (χ1n) is 30.8. The number of hydrogen-bond donors (Lipinski definition) is 6. The summed E-state index contributed by atoms with van der Waals surface area (Å²) >= 11 is 0. The van der Waals surface area contributed by atoms with Crippen LogP contribution in [0.3, 0.4) is 0 Å². The van der Waals surface area contributed by atoms with Gasteiger partial charge in [-0.3, -0.25) is 4.79 Å². The highest BCUT2D eigenvalue weighted by Gasteiger charge is 2.44. The van der Waals surface area contributed by atoms with Gasteiger partial charge < -0.3 is 40.3 Å². The summed E-state index contributed by atoms with van der Waals surface area (Å²) in [5, 5.41) is 54.6. The molecule has 0 spiro atoms. The highest BCUT2D eigenvalue weighted by molar-refractivity contribution is 5.76. The second-order valence-corrected chi connectivity index (χ2v) is 20.8. The lowest BCUT2D eigenvalue weighted by Gasteiger charge is -2.40. The van der Waals surface area contributed by atoms with E-state index in [9.17, 15) is 30.3 Å². The van der Waals surface area contributed by atoms with Crippen molar-refractivity contribution >= 4 is 5.91 Å². The van der Waals surface area contributed by atoms with Crippen molar-refractivity contribution in [3.8, 4) is 0 Å². The Labute approximate surface area is 465 Å². The first kappa shape index (κ1) is 70.6. The van der Waals surface area contributed by atoms with Crippen molar-refractivity contribution in [3.05, 3.63) is 122 Å². The van der Waals surface area contributed by atoms with Crippen LogP contribution in [0.1, 0.15) is 239 Å². The van der Waals surface area contributed by atoms with Gasteiger partial charge in [-0.2, -0.15) is 0 Å². The number of aliphatic hydroxyl groups excluding tert-OH is 5. The zero-order valence-corrected chi connectivity index (χ0v) is 48.2. The summed E-state index contributed by atoms with van der Waals surface area (Å²) in [5.74, 6) is -0.199. The lowest BCUT2D eigenvalue weighted by molar-refractivity contribution is -0.302. The Morgan fingerprint density at radius 1 is 0.461 bits per heavy atom. The minimum atomic E-state index is -1.58. The molecule has 0 aromatic rings. The highest BCUT2D eigenvalue weighted by Crippen LogP contribution is 2.23. The maximum Gasteiger partial charge on any atom is 0.220 e. The van der Waals surface area contributed by atoms with E-state index in [1.807, 2.05) is 6.08 Å². The first-order chi connectivity index (χ1) is 37.3. The molecule has 1 aliphatic rings. The van der Waals surface area contributed by atoms with E-state index in [-0.39, 0.29) is 12.5 Å². The van der Waals surface area contributed by atoms with E-state index in [0.29, 0.717) is 6.42 Å². The van der Waals surface area contributed by atoms with Crippen LogP contribution in [0.2, 0.25) is 0 Å². The van der Waals surface area contributed by atoms with Gasteiger partial charge in [0.15, 0.2) is 6.29 Å². The minimum absolute atomic E-state index is 0.199. The van der Waals surface area contributed by atoms with E-state index < -0.39 is 49.5 Å². The Kier molecular flexibility index (Phi) is 51.0. The number of hydrogen-bond acceptors (Lipinski definition) is 8. The molecule has 1 amide bonds. The maximum atomic E-state index is 13.1. The molecule has 9 heteroatoms. The van der Waals surface area contributed by atoms with E-state index >= 15 is 0 Å². The molecule has 1 heterocycles. The van der Waals surface area contributed by atoms with Gasteiger partial charge in [0.2, 0.25) is 5.91 Å². The number of aliphatic hydroxyl groups is 5. The molecule has 9 nitrogen and oxygen atoms in total. The predicted molar refractivity (Wildman–Crippen MR) is 322 cm³/mol. The quantitative estimate of drug-likeness (QED) is 0.0261. The maximum absolute atomic E-state index is 13.1. The van der Waals surface area contributed by atoms with E-state index in [1.54, 1.807) is 6.08 Å². The van der Waals surface area contributed by atoms with Crippen LogP contribution in [-0.2, 0) is 14.3 Å². The molecule has 0 bridgehead atoms. The van der Waals surface area contributed by atoms with Crippen LogP contribution in [-0.4, -0.2) is 87.5 Å². The lowest BCUT2D eigenvalue weighted by Crippen LogP contribution is -2.60. The van der Waals surface area contributed by atoms with Gasteiger partial charge in [-0.15, -0.1) is 0 Å². The van der Waals surface area contributed by atoms with Gasteiger partial charge in [0, 0.05) is 6.42 Å². The summed E-state index contributed by atoms with van der Waals surface area (Å²) in [5.41, 5.74) is 0. The van der Waals surface area contributed by atoms with Crippen molar-refractivity contribution in [1.82, 2.24) is 5.32 Å². The van der Waals surface area contributed by atoms with Gasteiger partial charge in [-0.05, 0) is 89.9 Å². The second kappa shape index (κ2) is 54.9. The fraction of sp³-hybridized carbons (Fsp3) is 0.687. The molecule has 6 N–H and O–H groups in total. The predicted octanol–water partition coefficient (Wildman–Crippen LogP) is 15.9. The molecule has 1 rings (SSSR count). The average Bonchev–Trinajstić information content (AvgIpc) is 3.42. The lowest BCUT2D eigenvalue weighted by atomic mass is 9.99. The third kappa shape index (κ3) is 43.6. The first-order valence-corrected chi connectivity index (χ1v) is 30.8. The van der Waals surface area contributed by atoms with Gasteiger partial charge in [-0.1, -0.05) is 264 Å². The van der Waals surface area contributed by atoms with Crippen molar-refractivity contribution < 1.29 is 39.8 Å². The van der Waals surface area contributed by atoms with Crippen LogP contribution < -0.4 is 5.32 Å². The van der Waals surface area contributed by atoms with Crippen LogP contribution >= 0.6 is 0 Å². The minimum Gasteiger partial charge on any atom is -0.394 e. The van der Waals surface area contributed by atoms with Crippen molar-refractivity contribution in [2.75, 3.05) is 13.2 Å². The number of amides is 1. The van der Waals surface area contributed by atoms with Gasteiger partial charge in [0.25, 0.3) is 0 Å². The normalized spacial score (nSPS) is 19.7. The Balaban J connectivity index is 2.24.